The number of aromatic nitrogens is 4. The van der Waals surface area contributed by atoms with Gasteiger partial charge in [0.1, 0.15) is 5.69 Å². The van der Waals surface area contributed by atoms with Crippen LogP contribution in [-0.2, 0) is 10.0 Å². The molecule has 0 spiro atoms. The van der Waals surface area contributed by atoms with E-state index in [4.69, 9.17) is 20.4 Å². The van der Waals surface area contributed by atoms with E-state index in [1.807, 2.05) is 6.92 Å². The molecule has 2 atom stereocenters. The van der Waals surface area contributed by atoms with Crippen LogP contribution < -0.4 is 15.2 Å². The van der Waals surface area contributed by atoms with Crippen molar-refractivity contribution in [3.05, 3.63) is 47.1 Å². The minimum atomic E-state index is -3.46. The SMILES string of the molecule is CCOc1cncc(-c2sc(C(N)=O)nc2[C@H](C[C@H]2CCCCN2C(C)C)c2cc(NS(=O)(=O)C3CC3)ccn2)n1. The molecule has 3 aromatic heterocycles. The number of amides is 1. The van der Waals surface area contributed by atoms with Crippen molar-refractivity contribution in [2.45, 2.75) is 82.5 Å². The lowest BCUT2D eigenvalue weighted by molar-refractivity contribution is 0.0998. The lowest BCUT2D eigenvalue weighted by atomic mass is 9.86. The third-order valence-electron chi connectivity index (χ3n) is 7.54. The maximum atomic E-state index is 12.7. The topological polar surface area (TPSA) is 153 Å². The van der Waals surface area contributed by atoms with Crippen LogP contribution in [-0.4, -0.2) is 69.6 Å². The molecule has 5 rings (SSSR count). The van der Waals surface area contributed by atoms with E-state index in [2.05, 4.69) is 33.4 Å². The monoisotopic (exact) mass is 599 g/mol. The summed E-state index contributed by atoms with van der Waals surface area (Å²) in [4.78, 5) is 33.9. The van der Waals surface area contributed by atoms with Crippen molar-refractivity contribution in [2.24, 2.45) is 5.73 Å². The summed E-state index contributed by atoms with van der Waals surface area (Å²) in [6, 6.07) is 4.04. The standard InChI is InChI=1S/C28H37N7O4S2/c1-4-39-24-16-30-15-23(32-24)26-25(33-28(40-26)27(29)36)21(14-19-7-5-6-12-35(19)17(2)3)22-13-18(10-11-31-22)34-41(37,38)20-8-9-20/h10-11,13,15-17,19-21H,4-9,12,14H2,1-3H3,(H2,29,36)(H,31,34)/t19-,21-/m1/s1. The molecule has 41 heavy (non-hydrogen) atoms. The number of nitrogens with one attached hydrogen (secondary N) is 1. The first kappa shape index (κ1) is 29.3. The van der Waals surface area contributed by atoms with Gasteiger partial charge >= 0.3 is 0 Å². The van der Waals surface area contributed by atoms with Crippen molar-refractivity contribution in [1.29, 1.82) is 0 Å². The molecule has 13 heteroatoms. The highest BCUT2D eigenvalue weighted by atomic mass is 32.2. The number of primary amides is 1. The number of sulfonamides is 1. The van der Waals surface area contributed by atoms with Gasteiger partial charge in [-0.15, -0.1) is 11.3 Å². The number of anilines is 1. The van der Waals surface area contributed by atoms with Gasteiger partial charge in [0.05, 0.1) is 46.2 Å². The minimum absolute atomic E-state index is 0.165. The van der Waals surface area contributed by atoms with E-state index in [-0.39, 0.29) is 22.2 Å². The molecule has 1 aliphatic carbocycles. The normalized spacial score (nSPS) is 18.8. The number of ether oxygens (including phenoxy) is 1. The molecule has 2 aliphatic rings. The fraction of sp³-hybridized carbons (Fsp3) is 0.536. The van der Waals surface area contributed by atoms with Gasteiger partial charge in [-0.3, -0.25) is 24.4 Å². The number of thiazole rings is 1. The molecule has 3 aromatic rings. The number of pyridine rings is 1. The predicted octanol–water partition coefficient (Wildman–Crippen LogP) is 4.18. The first-order valence-electron chi connectivity index (χ1n) is 14.1. The van der Waals surface area contributed by atoms with E-state index in [9.17, 15) is 13.2 Å². The molecule has 11 nitrogen and oxygen atoms in total. The fourth-order valence-electron chi connectivity index (χ4n) is 5.46. The van der Waals surface area contributed by atoms with E-state index in [0.29, 0.717) is 65.4 Å². The van der Waals surface area contributed by atoms with Crippen molar-refractivity contribution < 1.29 is 17.9 Å². The Labute approximate surface area is 245 Å². The van der Waals surface area contributed by atoms with Crippen LogP contribution >= 0.6 is 11.3 Å². The highest BCUT2D eigenvalue weighted by Gasteiger charge is 2.36. The number of likely N-dealkylation sites (tertiary alicyclic amines) is 1. The van der Waals surface area contributed by atoms with Crippen LogP contribution in [0.25, 0.3) is 10.6 Å². The van der Waals surface area contributed by atoms with Crippen molar-refractivity contribution >= 4 is 33.0 Å². The first-order valence-corrected chi connectivity index (χ1v) is 16.5. The Hall–Kier alpha value is -3.16. The molecule has 0 radical (unpaired) electrons. The lowest BCUT2D eigenvalue weighted by Gasteiger charge is -2.40. The largest absolute Gasteiger partial charge is 0.477 e. The van der Waals surface area contributed by atoms with Gasteiger partial charge in [0.25, 0.3) is 5.91 Å². The molecule has 0 bridgehead atoms. The summed E-state index contributed by atoms with van der Waals surface area (Å²) < 4.78 is 33.8. The van der Waals surface area contributed by atoms with E-state index >= 15 is 0 Å². The van der Waals surface area contributed by atoms with Gasteiger partial charge in [-0.2, -0.15) is 0 Å². The van der Waals surface area contributed by atoms with Crippen molar-refractivity contribution in [3.8, 4) is 16.5 Å². The zero-order valence-corrected chi connectivity index (χ0v) is 25.2. The molecule has 1 aliphatic heterocycles. The molecule has 1 saturated heterocycles. The van der Waals surface area contributed by atoms with Crippen molar-refractivity contribution in [1.82, 2.24) is 24.8 Å². The Morgan fingerprint density at radius 1 is 1.22 bits per heavy atom. The van der Waals surface area contributed by atoms with Gasteiger partial charge < -0.3 is 10.5 Å². The molecular formula is C28H37N7O4S2. The molecule has 220 valence electrons. The molecule has 3 N–H and O–H groups in total. The van der Waals surface area contributed by atoms with E-state index < -0.39 is 15.9 Å². The van der Waals surface area contributed by atoms with Crippen LogP contribution in [0.5, 0.6) is 5.88 Å². The molecule has 0 unspecified atom stereocenters. The number of piperidine rings is 1. The van der Waals surface area contributed by atoms with Crippen LogP contribution in [0, 0.1) is 0 Å². The lowest BCUT2D eigenvalue weighted by Crippen LogP contribution is -2.44. The zero-order chi connectivity index (χ0) is 29.1. The molecular weight excluding hydrogens is 562 g/mol. The van der Waals surface area contributed by atoms with Gasteiger partial charge in [0, 0.05) is 24.2 Å². The van der Waals surface area contributed by atoms with E-state index in [0.717, 1.165) is 25.8 Å². The fourth-order valence-corrected chi connectivity index (χ4v) is 7.77. The van der Waals surface area contributed by atoms with Crippen molar-refractivity contribution in [2.75, 3.05) is 17.9 Å². The van der Waals surface area contributed by atoms with Crippen LogP contribution in [0.3, 0.4) is 0 Å². The second-order valence-corrected chi connectivity index (χ2v) is 13.8. The second kappa shape index (κ2) is 12.4. The summed E-state index contributed by atoms with van der Waals surface area (Å²) in [5, 5.41) is -0.185. The highest BCUT2D eigenvalue weighted by Crippen LogP contribution is 2.41. The summed E-state index contributed by atoms with van der Waals surface area (Å²) in [6.45, 7) is 7.71. The van der Waals surface area contributed by atoms with Gasteiger partial charge in [-0.05, 0) is 71.6 Å². The Morgan fingerprint density at radius 3 is 2.73 bits per heavy atom. The number of nitrogens with zero attached hydrogens (tertiary/aromatic N) is 5. The number of carbonyl (C=O) groups is 1. The van der Waals surface area contributed by atoms with E-state index in [1.54, 1.807) is 30.7 Å². The number of hydrogen-bond donors (Lipinski definition) is 2. The third-order valence-corrected chi connectivity index (χ3v) is 10.5. The maximum absolute atomic E-state index is 12.7. The minimum Gasteiger partial charge on any atom is -0.477 e. The molecule has 4 heterocycles. The third kappa shape index (κ3) is 6.84. The summed E-state index contributed by atoms with van der Waals surface area (Å²) in [6.07, 6.45) is 10.1. The quantitative estimate of drug-likeness (QED) is 0.312. The number of rotatable bonds is 12. The molecule has 0 aromatic carbocycles. The average Bonchev–Trinajstić information content (AvgIpc) is 3.72. The van der Waals surface area contributed by atoms with Crippen LogP contribution in [0.2, 0.25) is 0 Å². The number of nitrogens with two attached hydrogens (primary N) is 1. The van der Waals surface area contributed by atoms with Gasteiger partial charge in [0.2, 0.25) is 15.9 Å². The van der Waals surface area contributed by atoms with Gasteiger partial charge in [-0.1, -0.05) is 6.42 Å². The summed E-state index contributed by atoms with van der Waals surface area (Å²) in [5.41, 5.74) is 7.98. The first-order chi connectivity index (χ1) is 19.7. The predicted molar refractivity (Wildman–Crippen MR) is 159 cm³/mol. The summed E-state index contributed by atoms with van der Waals surface area (Å²) in [7, 11) is -3.46. The Morgan fingerprint density at radius 2 is 2.02 bits per heavy atom. The van der Waals surface area contributed by atoms with Gasteiger partial charge in [-0.25, -0.2) is 18.4 Å². The van der Waals surface area contributed by atoms with E-state index in [1.165, 1.54) is 11.3 Å². The van der Waals surface area contributed by atoms with Crippen molar-refractivity contribution in [3.63, 3.8) is 0 Å². The summed E-state index contributed by atoms with van der Waals surface area (Å²) >= 11 is 1.17. The Bertz CT molecular complexity index is 1490. The number of carbonyl (C=O) groups excluding carboxylic acids is 1. The Kier molecular flexibility index (Phi) is 8.85. The molecule has 2 fully saturated rings. The van der Waals surface area contributed by atoms with Crippen LogP contribution in [0.1, 0.15) is 86.4 Å². The second-order valence-electron chi connectivity index (χ2n) is 10.9. The maximum Gasteiger partial charge on any atom is 0.277 e. The molecule has 1 saturated carbocycles. The van der Waals surface area contributed by atoms with Crippen LogP contribution in [0.4, 0.5) is 5.69 Å². The smallest absolute Gasteiger partial charge is 0.277 e. The zero-order valence-electron chi connectivity index (χ0n) is 23.6. The highest BCUT2D eigenvalue weighted by molar-refractivity contribution is 7.93. The Balaban J connectivity index is 1.61. The molecule has 1 amide bonds. The summed E-state index contributed by atoms with van der Waals surface area (Å²) in [5.74, 6) is -0.619. The average molecular weight is 600 g/mol. The van der Waals surface area contributed by atoms with Gasteiger partial charge in [0.15, 0.2) is 5.01 Å². The van der Waals surface area contributed by atoms with Crippen LogP contribution in [0.15, 0.2) is 30.7 Å². The number of hydrogen-bond acceptors (Lipinski definition) is 10.